The predicted octanol–water partition coefficient (Wildman–Crippen LogP) is 2.65. The summed E-state index contributed by atoms with van der Waals surface area (Å²) in [5, 5.41) is 11.6. The molecule has 0 radical (unpaired) electrons. The van der Waals surface area contributed by atoms with Gasteiger partial charge in [-0.05, 0) is 30.4 Å². The SMILES string of the molecule is CC(=O)OCC1=CCCC2C3(CC(c4ccoc4)OC3=O)C(C)C(O)C(OC(C)=O)C12COC(C)=O. The summed E-state index contributed by atoms with van der Waals surface area (Å²) in [7, 11) is 0. The molecule has 0 aromatic carbocycles. The standard InChI is InChI=1S/C26H32O10/c1-14-22(30)23(35-17(4)29)26(13-34-16(3)28)19(12-33-15(2)27)6-5-7-21(26)25(14)10-20(36-24(25)31)18-8-9-32-11-18/h6,8-9,11,14,20-23,30H,5,7,10,12-13H2,1-4H3. The van der Waals surface area contributed by atoms with E-state index >= 15 is 0 Å². The summed E-state index contributed by atoms with van der Waals surface area (Å²) >= 11 is 0. The minimum Gasteiger partial charge on any atom is -0.472 e. The van der Waals surface area contributed by atoms with Crippen molar-refractivity contribution >= 4 is 23.9 Å². The van der Waals surface area contributed by atoms with E-state index in [1.54, 1.807) is 13.0 Å². The number of fused-ring (bicyclic) bond motifs is 2. The van der Waals surface area contributed by atoms with Gasteiger partial charge in [-0.2, -0.15) is 0 Å². The average Bonchev–Trinajstić information content (AvgIpc) is 3.46. The second-order valence-corrected chi connectivity index (χ2v) is 9.96. The Morgan fingerprint density at radius 3 is 2.47 bits per heavy atom. The first-order valence-corrected chi connectivity index (χ1v) is 12.1. The summed E-state index contributed by atoms with van der Waals surface area (Å²) in [5.41, 5.74) is -1.28. The number of aliphatic hydroxyl groups is 1. The van der Waals surface area contributed by atoms with E-state index in [2.05, 4.69) is 0 Å². The third-order valence-corrected chi connectivity index (χ3v) is 8.14. The maximum Gasteiger partial charge on any atom is 0.313 e. The number of ether oxygens (including phenoxy) is 4. The summed E-state index contributed by atoms with van der Waals surface area (Å²) in [6, 6.07) is 1.72. The van der Waals surface area contributed by atoms with Crippen molar-refractivity contribution in [3.8, 4) is 0 Å². The van der Waals surface area contributed by atoms with Gasteiger partial charge in [0, 0.05) is 38.7 Å². The number of rotatable bonds is 6. The number of cyclic esters (lactones) is 1. The number of carbonyl (C=O) groups is 4. The van der Waals surface area contributed by atoms with E-state index in [0.29, 0.717) is 24.0 Å². The summed E-state index contributed by atoms with van der Waals surface area (Å²) in [6.07, 6.45) is 3.10. The molecule has 36 heavy (non-hydrogen) atoms. The van der Waals surface area contributed by atoms with Crippen LogP contribution in [0.3, 0.4) is 0 Å². The monoisotopic (exact) mass is 504 g/mol. The molecule has 1 aliphatic heterocycles. The van der Waals surface area contributed by atoms with E-state index < -0.39 is 64.9 Å². The van der Waals surface area contributed by atoms with E-state index in [9.17, 15) is 24.3 Å². The van der Waals surface area contributed by atoms with Crippen molar-refractivity contribution in [1.82, 2.24) is 0 Å². The van der Waals surface area contributed by atoms with Gasteiger partial charge < -0.3 is 28.5 Å². The normalized spacial score (nSPS) is 35.4. The van der Waals surface area contributed by atoms with Crippen LogP contribution in [0.1, 0.15) is 58.6 Å². The smallest absolute Gasteiger partial charge is 0.313 e. The van der Waals surface area contributed by atoms with Crippen molar-refractivity contribution in [3.05, 3.63) is 35.8 Å². The maximum absolute atomic E-state index is 13.8. The van der Waals surface area contributed by atoms with Crippen LogP contribution in [-0.2, 0) is 38.1 Å². The highest BCUT2D eigenvalue weighted by atomic mass is 16.6. The van der Waals surface area contributed by atoms with E-state index in [4.69, 9.17) is 23.4 Å². The van der Waals surface area contributed by atoms with Crippen LogP contribution in [0, 0.1) is 22.7 Å². The van der Waals surface area contributed by atoms with Crippen LogP contribution < -0.4 is 0 Å². The van der Waals surface area contributed by atoms with Crippen LogP contribution in [0.4, 0.5) is 0 Å². The van der Waals surface area contributed by atoms with Crippen molar-refractivity contribution in [1.29, 1.82) is 0 Å². The zero-order chi connectivity index (χ0) is 26.3. The van der Waals surface area contributed by atoms with Gasteiger partial charge in [-0.15, -0.1) is 0 Å². The quantitative estimate of drug-likeness (QED) is 0.349. The number of furan rings is 1. The van der Waals surface area contributed by atoms with Gasteiger partial charge >= 0.3 is 23.9 Å². The van der Waals surface area contributed by atoms with E-state index in [1.165, 1.54) is 33.3 Å². The van der Waals surface area contributed by atoms with Gasteiger partial charge in [-0.25, -0.2) is 0 Å². The highest BCUT2D eigenvalue weighted by Crippen LogP contribution is 2.66. The Morgan fingerprint density at radius 1 is 1.14 bits per heavy atom. The summed E-state index contributed by atoms with van der Waals surface area (Å²) in [6.45, 7) is 5.07. The van der Waals surface area contributed by atoms with Crippen LogP contribution in [0.15, 0.2) is 34.7 Å². The first-order valence-electron chi connectivity index (χ1n) is 12.1. The van der Waals surface area contributed by atoms with Crippen LogP contribution in [0.2, 0.25) is 0 Å². The molecule has 7 atom stereocenters. The predicted molar refractivity (Wildman–Crippen MR) is 122 cm³/mol. The Balaban J connectivity index is 1.89. The van der Waals surface area contributed by atoms with Crippen molar-refractivity contribution in [2.24, 2.45) is 22.7 Å². The second-order valence-electron chi connectivity index (χ2n) is 9.96. The van der Waals surface area contributed by atoms with Crippen LogP contribution in [0.25, 0.3) is 0 Å². The molecule has 7 unspecified atom stereocenters. The average molecular weight is 505 g/mol. The van der Waals surface area contributed by atoms with Crippen molar-refractivity contribution in [3.63, 3.8) is 0 Å². The minimum atomic E-state index is -1.32. The number of aliphatic hydroxyl groups excluding tert-OH is 1. The van der Waals surface area contributed by atoms with Gasteiger partial charge in [0.25, 0.3) is 0 Å². The lowest BCUT2D eigenvalue weighted by molar-refractivity contribution is -0.228. The van der Waals surface area contributed by atoms with Gasteiger partial charge in [-0.1, -0.05) is 13.0 Å². The third-order valence-electron chi connectivity index (χ3n) is 8.14. The molecule has 2 fully saturated rings. The van der Waals surface area contributed by atoms with Crippen LogP contribution >= 0.6 is 0 Å². The highest BCUT2D eigenvalue weighted by Gasteiger charge is 2.72. The summed E-state index contributed by atoms with van der Waals surface area (Å²) < 4.78 is 27.6. The molecule has 1 spiro atoms. The Kier molecular flexibility index (Phi) is 7.01. The largest absolute Gasteiger partial charge is 0.472 e. The van der Waals surface area contributed by atoms with Crippen molar-refractivity contribution in [2.45, 2.75) is 65.3 Å². The molecule has 196 valence electrons. The van der Waals surface area contributed by atoms with Crippen molar-refractivity contribution < 1.29 is 47.6 Å². The molecule has 10 heteroatoms. The van der Waals surface area contributed by atoms with Gasteiger partial charge in [-0.3, -0.25) is 19.2 Å². The third kappa shape index (κ3) is 4.11. The van der Waals surface area contributed by atoms with Gasteiger partial charge in [0.2, 0.25) is 0 Å². The molecule has 1 saturated carbocycles. The summed E-state index contributed by atoms with van der Waals surface area (Å²) in [4.78, 5) is 49.7. The Hall–Kier alpha value is -3.14. The molecule has 2 aliphatic carbocycles. The zero-order valence-corrected chi connectivity index (χ0v) is 20.9. The number of hydrogen-bond donors (Lipinski definition) is 1. The molecular formula is C26H32O10. The maximum atomic E-state index is 13.8. The van der Waals surface area contributed by atoms with E-state index in [1.807, 2.05) is 6.08 Å². The molecule has 10 nitrogen and oxygen atoms in total. The fraction of sp³-hybridized carbons (Fsp3) is 0.615. The lowest BCUT2D eigenvalue weighted by Gasteiger charge is -2.60. The molecule has 1 aromatic heterocycles. The molecule has 1 N–H and O–H groups in total. The number of esters is 4. The Bertz CT molecular complexity index is 1060. The molecular weight excluding hydrogens is 472 g/mol. The van der Waals surface area contributed by atoms with Crippen molar-refractivity contribution in [2.75, 3.05) is 13.2 Å². The van der Waals surface area contributed by atoms with E-state index in [-0.39, 0.29) is 19.6 Å². The van der Waals surface area contributed by atoms with E-state index in [0.717, 1.165) is 0 Å². The molecule has 1 saturated heterocycles. The zero-order valence-electron chi connectivity index (χ0n) is 20.9. The molecule has 2 heterocycles. The number of carbonyl (C=O) groups excluding carboxylic acids is 4. The first-order chi connectivity index (χ1) is 17.0. The summed E-state index contributed by atoms with van der Waals surface area (Å²) in [5.74, 6) is -3.42. The highest BCUT2D eigenvalue weighted by molar-refractivity contribution is 5.81. The van der Waals surface area contributed by atoms with Gasteiger partial charge in [0.05, 0.1) is 29.5 Å². The number of hydrogen-bond acceptors (Lipinski definition) is 10. The molecule has 1 aromatic rings. The Morgan fingerprint density at radius 2 is 1.86 bits per heavy atom. The van der Waals surface area contributed by atoms with Crippen LogP contribution in [0.5, 0.6) is 0 Å². The van der Waals surface area contributed by atoms with Gasteiger partial charge in [0.1, 0.15) is 25.4 Å². The fourth-order valence-corrected chi connectivity index (χ4v) is 6.58. The Labute approximate surface area is 208 Å². The molecule has 0 bridgehead atoms. The molecule has 0 amide bonds. The van der Waals surface area contributed by atoms with Gasteiger partial charge in [0.15, 0.2) is 0 Å². The topological polar surface area (TPSA) is 139 Å². The number of allylic oxidation sites excluding steroid dienone is 1. The first kappa shape index (κ1) is 25.9. The fourth-order valence-electron chi connectivity index (χ4n) is 6.58. The second kappa shape index (κ2) is 9.72. The lowest BCUT2D eigenvalue weighted by Crippen LogP contribution is -2.69. The lowest BCUT2D eigenvalue weighted by atomic mass is 9.44. The minimum absolute atomic E-state index is 0.164. The molecule has 4 rings (SSSR count). The van der Waals surface area contributed by atoms with Crippen LogP contribution in [-0.4, -0.2) is 54.4 Å². The molecule has 3 aliphatic rings.